The van der Waals surface area contributed by atoms with E-state index < -0.39 is 12.0 Å². The molecule has 28 heavy (non-hydrogen) atoms. The van der Waals surface area contributed by atoms with Crippen LogP contribution < -0.4 is 5.56 Å². The minimum atomic E-state index is -1.03. The van der Waals surface area contributed by atoms with Crippen LogP contribution in [0.25, 0.3) is 10.8 Å². The Balaban J connectivity index is 1.70. The number of hydrogen-bond acceptors (Lipinski definition) is 4. The lowest BCUT2D eigenvalue weighted by Gasteiger charge is -2.34. The Bertz CT molecular complexity index is 1150. The summed E-state index contributed by atoms with van der Waals surface area (Å²) in [5, 5.41) is 15.0. The molecule has 1 aliphatic rings. The van der Waals surface area contributed by atoms with Crippen LogP contribution in [0, 0.1) is 0 Å². The van der Waals surface area contributed by atoms with Crippen LogP contribution in [0.5, 0.6) is 0 Å². The lowest BCUT2D eigenvalue weighted by Crippen LogP contribution is -2.49. The average molecular weight is 377 g/mol. The molecule has 1 atom stereocenters. The summed E-state index contributed by atoms with van der Waals surface area (Å²) in [7, 11) is 1.54. The maximum absolute atomic E-state index is 13.1. The quantitative estimate of drug-likeness (QED) is 0.747. The van der Waals surface area contributed by atoms with Crippen LogP contribution >= 0.6 is 0 Å². The molecule has 3 aromatic rings. The molecular weight excluding hydrogens is 358 g/mol. The number of amides is 1. The summed E-state index contributed by atoms with van der Waals surface area (Å²) < 4.78 is 1.21. The fraction of sp³-hybridized carbons (Fsp3) is 0.238. The van der Waals surface area contributed by atoms with Gasteiger partial charge in [-0.2, -0.15) is 5.10 Å². The van der Waals surface area contributed by atoms with Crippen molar-refractivity contribution in [2.45, 2.75) is 25.4 Å². The summed E-state index contributed by atoms with van der Waals surface area (Å²) in [5.41, 5.74) is 2.13. The van der Waals surface area contributed by atoms with Crippen molar-refractivity contribution in [1.29, 1.82) is 0 Å². The highest BCUT2D eigenvalue weighted by Crippen LogP contribution is 2.25. The van der Waals surface area contributed by atoms with Crippen molar-refractivity contribution in [2.24, 2.45) is 7.05 Å². The molecule has 1 amide bonds. The minimum Gasteiger partial charge on any atom is -0.480 e. The number of hydrogen-bond donors (Lipinski definition) is 1. The van der Waals surface area contributed by atoms with Crippen molar-refractivity contribution < 1.29 is 14.7 Å². The summed E-state index contributed by atoms with van der Waals surface area (Å²) in [5.74, 6) is -1.35. The van der Waals surface area contributed by atoms with Gasteiger partial charge in [-0.15, -0.1) is 0 Å². The Morgan fingerprint density at radius 1 is 1.07 bits per heavy atom. The van der Waals surface area contributed by atoms with E-state index in [9.17, 15) is 19.5 Å². The molecule has 0 fully saturated rings. The molecular formula is C21H19N3O4. The molecule has 0 saturated heterocycles. The largest absolute Gasteiger partial charge is 0.480 e. The van der Waals surface area contributed by atoms with E-state index in [0.717, 1.165) is 11.1 Å². The van der Waals surface area contributed by atoms with E-state index in [1.54, 1.807) is 31.3 Å². The predicted octanol–water partition coefficient (Wildman–Crippen LogP) is 1.51. The van der Waals surface area contributed by atoms with Crippen LogP contribution in [-0.2, 0) is 36.0 Å². The zero-order chi connectivity index (χ0) is 19.8. The molecule has 1 N–H and O–H groups in total. The Kier molecular flexibility index (Phi) is 4.43. The second-order valence-electron chi connectivity index (χ2n) is 6.95. The molecule has 1 aromatic heterocycles. The van der Waals surface area contributed by atoms with Crippen LogP contribution in [0.4, 0.5) is 0 Å². The Labute approximate surface area is 160 Å². The summed E-state index contributed by atoms with van der Waals surface area (Å²) in [6.07, 6.45) is 0.208. The standard InChI is InChI=1S/C21H19N3O4/c1-23-20(26)16-9-5-4-8-15(16)17(22-23)11-19(25)24-12-14-7-3-2-6-13(14)10-18(24)21(27)28/h2-9,18H,10-12H2,1H3,(H,27,28)/t18-/m0/s1. The third-order valence-electron chi connectivity index (χ3n) is 5.21. The Morgan fingerprint density at radius 3 is 2.43 bits per heavy atom. The summed E-state index contributed by atoms with van der Waals surface area (Å²) in [6.45, 7) is 0.246. The second kappa shape index (κ2) is 6.92. The zero-order valence-electron chi connectivity index (χ0n) is 15.3. The first kappa shape index (κ1) is 17.9. The van der Waals surface area contributed by atoms with E-state index in [1.807, 2.05) is 24.3 Å². The highest BCUT2D eigenvalue weighted by Gasteiger charge is 2.34. The number of aryl methyl sites for hydroxylation is 1. The predicted molar refractivity (Wildman–Crippen MR) is 103 cm³/mol. The molecule has 4 rings (SSSR count). The molecule has 2 heterocycles. The molecule has 2 aromatic carbocycles. The summed E-state index contributed by atoms with van der Waals surface area (Å²) in [6, 6.07) is 13.6. The van der Waals surface area contributed by atoms with Gasteiger partial charge >= 0.3 is 5.97 Å². The van der Waals surface area contributed by atoms with Crippen LogP contribution in [-0.4, -0.2) is 37.7 Å². The number of carbonyl (C=O) groups is 2. The highest BCUT2D eigenvalue weighted by atomic mass is 16.4. The van der Waals surface area contributed by atoms with Gasteiger partial charge in [0.05, 0.1) is 17.5 Å². The molecule has 0 saturated carbocycles. The number of benzene rings is 2. The van der Waals surface area contributed by atoms with E-state index in [4.69, 9.17) is 0 Å². The fourth-order valence-electron chi connectivity index (χ4n) is 3.76. The van der Waals surface area contributed by atoms with Crippen molar-refractivity contribution in [3.63, 3.8) is 0 Å². The van der Waals surface area contributed by atoms with Crippen molar-refractivity contribution in [2.75, 3.05) is 0 Å². The number of fused-ring (bicyclic) bond motifs is 2. The van der Waals surface area contributed by atoms with Gasteiger partial charge in [-0.25, -0.2) is 9.48 Å². The number of aliphatic carboxylic acids is 1. The van der Waals surface area contributed by atoms with Crippen LogP contribution in [0.1, 0.15) is 16.8 Å². The van der Waals surface area contributed by atoms with Gasteiger partial charge in [0.2, 0.25) is 5.91 Å². The fourth-order valence-corrected chi connectivity index (χ4v) is 3.76. The van der Waals surface area contributed by atoms with E-state index in [1.165, 1.54) is 9.58 Å². The van der Waals surface area contributed by atoms with Crippen molar-refractivity contribution in [3.8, 4) is 0 Å². The van der Waals surface area contributed by atoms with Gasteiger partial charge in [-0.1, -0.05) is 42.5 Å². The lowest BCUT2D eigenvalue weighted by molar-refractivity contribution is -0.151. The first-order valence-corrected chi connectivity index (χ1v) is 8.99. The summed E-state index contributed by atoms with van der Waals surface area (Å²) in [4.78, 5) is 38.5. The topological polar surface area (TPSA) is 92.5 Å². The smallest absolute Gasteiger partial charge is 0.326 e. The maximum Gasteiger partial charge on any atom is 0.326 e. The third-order valence-corrected chi connectivity index (χ3v) is 5.21. The molecule has 142 valence electrons. The van der Waals surface area contributed by atoms with E-state index in [2.05, 4.69) is 5.10 Å². The molecule has 7 heteroatoms. The van der Waals surface area contributed by atoms with Gasteiger partial charge in [0.15, 0.2) is 0 Å². The van der Waals surface area contributed by atoms with E-state index >= 15 is 0 Å². The van der Waals surface area contributed by atoms with Gasteiger partial charge in [0.25, 0.3) is 5.56 Å². The third kappa shape index (κ3) is 3.05. The van der Waals surface area contributed by atoms with Gasteiger partial charge in [0.1, 0.15) is 6.04 Å². The van der Waals surface area contributed by atoms with E-state index in [0.29, 0.717) is 16.5 Å². The molecule has 0 unspecified atom stereocenters. The molecule has 0 radical (unpaired) electrons. The number of nitrogens with zero attached hydrogens (tertiary/aromatic N) is 3. The van der Waals surface area contributed by atoms with Crippen LogP contribution in [0.3, 0.4) is 0 Å². The highest BCUT2D eigenvalue weighted by molar-refractivity contribution is 5.90. The van der Waals surface area contributed by atoms with Crippen molar-refractivity contribution in [3.05, 3.63) is 75.7 Å². The molecule has 1 aliphatic heterocycles. The Morgan fingerprint density at radius 2 is 1.71 bits per heavy atom. The average Bonchev–Trinajstić information content (AvgIpc) is 2.70. The van der Waals surface area contributed by atoms with Crippen LogP contribution in [0.2, 0.25) is 0 Å². The number of carboxylic acids is 1. The van der Waals surface area contributed by atoms with E-state index in [-0.39, 0.29) is 30.9 Å². The minimum absolute atomic E-state index is 0.0689. The Hall–Kier alpha value is -3.48. The van der Waals surface area contributed by atoms with Gasteiger partial charge in [-0.05, 0) is 17.2 Å². The molecule has 7 nitrogen and oxygen atoms in total. The number of carbonyl (C=O) groups excluding carboxylic acids is 1. The number of carboxylic acid groups (broad SMARTS) is 1. The van der Waals surface area contributed by atoms with Crippen LogP contribution in [0.15, 0.2) is 53.3 Å². The first-order valence-electron chi connectivity index (χ1n) is 8.99. The zero-order valence-corrected chi connectivity index (χ0v) is 15.3. The first-order chi connectivity index (χ1) is 13.5. The molecule has 0 spiro atoms. The maximum atomic E-state index is 13.1. The second-order valence-corrected chi connectivity index (χ2v) is 6.95. The van der Waals surface area contributed by atoms with Crippen molar-refractivity contribution in [1.82, 2.24) is 14.7 Å². The molecule has 0 bridgehead atoms. The van der Waals surface area contributed by atoms with Crippen molar-refractivity contribution >= 4 is 22.6 Å². The van der Waals surface area contributed by atoms with Gasteiger partial charge in [0, 0.05) is 25.4 Å². The van der Waals surface area contributed by atoms with Gasteiger partial charge < -0.3 is 10.0 Å². The summed E-state index contributed by atoms with van der Waals surface area (Å²) >= 11 is 0. The normalized spacial score (nSPS) is 16.0. The number of aromatic nitrogens is 2. The number of rotatable bonds is 3. The molecule has 0 aliphatic carbocycles. The van der Waals surface area contributed by atoms with Gasteiger partial charge in [-0.3, -0.25) is 9.59 Å². The monoisotopic (exact) mass is 377 g/mol. The lowest BCUT2D eigenvalue weighted by atomic mass is 9.93. The SMILES string of the molecule is Cn1nc(CC(=O)N2Cc3ccccc3C[C@H]2C(=O)O)c2ccccc2c1=O.